The Morgan fingerprint density at radius 1 is 0.875 bits per heavy atom. The highest BCUT2D eigenvalue weighted by Crippen LogP contribution is 2.12. The van der Waals surface area contributed by atoms with Crippen molar-refractivity contribution in [1.29, 1.82) is 0 Å². The van der Waals surface area contributed by atoms with Gasteiger partial charge in [0.2, 0.25) is 0 Å². The Kier molecular flexibility index (Phi) is 6.09. The maximum absolute atomic E-state index is 12.8. The van der Waals surface area contributed by atoms with Crippen molar-refractivity contribution in [2.24, 2.45) is 0 Å². The number of rotatable bonds is 7. The zero-order valence-electron chi connectivity index (χ0n) is 14.0. The SMILES string of the molecule is CN(C)CCN(Cc1ccccc1)C(=O)c1ccc(C(=O)O)cc1. The predicted molar refractivity (Wildman–Crippen MR) is 93.1 cm³/mol. The van der Waals surface area contributed by atoms with E-state index in [0.717, 1.165) is 12.1 Å². The highest BCUT2D eigenvalue weighted by atomic mass is 16.4. The van der Waals surface area contributed by atoms with Crippen molar-refractivity contribution >= 4 is 11.9 Å². The first-order valence-corrected chi connectivity index (χ1v) is 7.78. The molecule has 0 radical (unpaired) electrons. The largest absolute Gasteiger partial charge is 0.478 e. The van der Waals surface area contributed by atoms with Gasteiger partial charge in [0.25, 0.3) is 5.91 Å². The van der Waals surface area contributed by atoms with E-state index in [1.54, 1.807) is 17.0 Å². The third-order valence-electron chi connectivity index (χ3n) is 3.70. The van der Waals surface area contributed by atoms with Gasteiger partial charge in [-0.2, -0.15) is 0 Å². The van der Waals surface area contributed by atoms with E-state index < -0.39 is 5.97 Å². The number of hydrogen-bond acceptors (Lipinski definition) is 3. The minimum absolute atomic E-state index is 0.0994. The van der Waals surface area contributed by atoms with Crippen LogP contribution < -0.4 is 0 Å². The number of amides is 1. The molecule has 1 amide bonds. The molecule has 0 aliphatic rings. The number of hydrogen-bond donors (Lipinski definition) is 1. The second kappa shape index (κ2) is 8.26. The highest BCUT2D eigenvalue weighted by molar-refractivity contribution is 5.95. The van der Waals surface area contributed by atoms with Crippen molar-refractivity contribution in [2.75, 3.05) is 27.2 Å². The number of carboxylic acids is 1. The van der Waals surface area contributed by atoms with E-state index in [0.29, 0.717) is 18.7 Å². The van der Waals surface area contributed by atoms with Crippen LogP contribution in [0.4, 0.5) is 0 Å². The number of aromatic carboxylic acids is 1. The Morgan fingerprint density at radius 2 is 1.46 bits per heavy atom. The van der Waals surface area contributed by atoms with Gasteiger partial charge >= 0.3 is 5.97 Å². The summed E-state index contributed by atoms with van der Waals surface area (Å²) in [5, 5.41) is 8.96. The van der Waals surface area contributed by atoms with E-state index in [4.69, 9.17) is 5.11 Å². The van der Waals surface area contributed by atoms with Crippen LogP contribution in [0.25, 0.3) is 0 Å². The van der Waals surface area contributed by atoms with Crippen LogP contribution in [0.1, 0.15) is 26.3 Å². The van der Waals surface area contributed by atoms with Crippen molar-refractivity contribution in [1.82, 2.24) is 9.80 Å². The first-order valence-electron chi connectivity index (χ1n) is 7.78. The Balaban J connectivity index is 2.17. The zero-order chi connectivity index (χ0) is 17.5. The Morgan fingerprint density at radius 3 is 2.00 bits per heavy atom. The molecule has 126 valence electrons. The van der Waals surface area contributed by atoms with E-state index in [-0.39, 0.29) is 11.5 Å². The molecule has 0 bridgehead atoms. The predicted octanol–water partition coefficient (Wildman–Crippen LogP) is 2.59. The fraction of sp³-hybridized carbons (Fsp3) is 0.263. The molecular formula is C19H22N2O3. The summed E-state index contributed by atoms with van der Waals surface area (Å²) >= 11 is 0. The summed E-state index contributed by atoms with van der Waals surface area (Å²) in [4.78, 5) is 27.5. The van der Waals surface area contributed by atoms with Crippen molar-refractivity contribution in [3.63, 3.8) is 0 Å². The van der Waals surface area contributed by atoms with Crippen LogP contribution in [0, 0.1) is 0 Å². The normalized spacial score (nSPS) is 10.6. The third-order valence-corrected chi connectivity index (χ3v) is 3.70. The summed E-state index contributed by atoms with van der Waals surface area (Å²) in [5.41, 5.74) is 1.73. The lowest BCUT2D eigenvalue weighted by Crippen LogP contribution is -2.36. The number of carbonyl (C=O) groups is 2. The fourth-order valence-electron chi connectivity index (χ4n) is 2.31. The summed E-state index contributed by atoms with van der Waals surface area (Å²) in [6.07, 6.45) is 0. The monoisotopic (exact) mass is 326 g/mol. The minimum Gasteiger partial charge on any atom is -0.478 e. The van der Waals surface area contributed by atoms with Crippen LogP contribution in [-0.2, 0) is 6.54 Å². The van der Waals surface area contributed by atoms with Crippen LogP contribution in [-0.4, -0.2) is 54.0 Å². The Hall–Kier alpha value is -2.66. The highest BCUT2D eigenvalue weighted by Gasteiger charge is 2.17. The lowest BCUT2D eigenvalue weighted by atomic mass is 10.1. The maximum atomic E-state index is 12.8. The molecular weight excluding hydrogens is 304 g/mol. The average molecular weight is 326 g/mol. The van der Waals surface area contributed by atoms with Gasteiger partial charge < -0.3 is 14.9 Å². The Bertz CT molecular complexity index is 682. The van der Waals surface area contributed by atoms with Gasteiger partial charge in [0.05, 0.1) is 5.56 Å². The van der Waals surface area contributed by atoms with E-state index in [1.165, 1.54) is 12.1 Å². The molecule has 1 N–H and O–H groups in total. The van der Waals surface area contributed by atoms with Crippen molar-refractivity contribution in [2.45, 2.75) is 6.54 Å². The average Bonchev–Trinajstić information content (AvgIpc) is 2.58. The molecule has 0 atom stereocenters. The molecule has 2 aromatic rings. The van der Waals surface area contributed by atoms with E-state index in [9.17, 15) is 9.59 Å². The lowest BCUT2D eigenvalue weighted by Gasteiger charge is -2.24. The summed E-state index contributed by atoms with van der Waals surface area (Å²) in [6, 6.07) is 15.9. The topological polar surface area (TPSA) is 60.9 Å². The van der Waals surface area contributed by atoms with E-state index in [1.807, 2.05) is 49.3 Å². The number of carbonyl (C=O) groups excluding carboxylic acids is 1. The molecule has 5 nitrogen and oxygen atoms in total. The summed E-state index contributed by atoms with van der Waals surface area (Å²) in [5.74, 6) is -1.10. The number of benzene rings is 2. The van der Waals surface area contributed by atoms with E-state index in [2.05, 4.69) is 0 Å². The van der Waals surface area contributed by atoms with E-state index >= 15 is 0 Å². The quantitative estimate of drug-likeness (QED) is 0.849. The lowest BCUT2D eigenvalue weighted by molar-refractivity contribution is 0.0692. The molecule has 24 heavy (non-hydrogen) atoms. The van der Waals surface area contributed by atoms with Gasteiger partial charge in [0, 0.05) is 25.2 Å². The molecule has 0 aliphatic carbocycles. The molecule has 5 heteroatoms. The Labute approximate surface area is 142 Å². The van der Waals surface area contributed by atoms with Crippen molar-refractivity contribution in [3.8, 4) is 0 Å². The molecule has 0 saturated heterocycles. The van der Waals surface area contributed by atoms with Crippen LogP contribution in [0.3, 0.4) is 0 Å². The molecule has 0 saturated carbocycles. The van der Waals surface area contributed by atoms with Crippen LogP contribution in [0.2, 0.25) is 0 Å². The maximum Gasteiger partial charge on any atom is 0.335 e. The van der Waals surface area contributed by atoms with Crippen molar-refractivity contribution in [3.05, 3.63) is 71.3 Å². The summed E-state index contributed by atoms with van der Waals surface area (Å²) in [6.45, 7) is 1.88. The van der Waals surface area contributed by atoms with Gasteiger partial charge in [-0.3, -0.25) is 4.79 Å². The van der Waals surface area contributed by atoms with Gasteiger partial charge in [0.15, 0.2) is 0 Å². The van der Waals surface area contributed by atoms with Gasteiger partial charge in [0.1, 0.15) is 0 Å². The smallest absolute Gasteiger partial charge is 0.335 e. The first kappa shape index (κ1) is 17.7. The standard InChI is InChI=1S/C19H22N2O3/c1-20(2)12-13-21(14-15-6-4-3-5-7-15)18(22)16-8-10-17(11-9-16)19(23)24/h3-11H,12-14H2,1-2H3,(H,23,24). The van der Waals surface area contributed by atoms with Crippen LogP contribution in [0.5, 0.6) is 0 Å². The number of likely N-dealkylation sites (N-methyl/N-ethyl adjacent to an activating group) is 1. The van der Waals surface area contributed by atoms with Gasteiger partial charge in [-0.25, -0.2) is 4.79 Å². The molecule has 0 fully saturated rings. The zero-order valence-corrected chi connectivity index (χ0v) is 14.0. The summed E-state index contributed by atoms with van der Waals surface area (Å²) in [7, 11) is 3.93. The van der Waals surface area contributed by atoms with Gasteiger partial charge in [-0.05, 0) is 43.9 Å². The molecule has 0 aliphatic heterocycles. The molecule has 2 aromatic carbocycles. The van der Waals surface area contributed by atoms with Crippen molar-refractivity contribution < 1.29 is 14.7 Å². The van der Waals surface area contributed by atoms with Gasteiger partial charge in [-0.1, -0.05) is 30.3 Å². The number of carboxylic acid groups (broad SMARTS) is 1. The molecule has 0 unspecified atom stereocenters. The van der Waals surface area contributed by atoms with Crippen LogP contribution in [0.15, 0.2) is 54.6 Å². The fourth-order valence-corrected chi connectivity index (χ4v) is 2.31. The second-order valence-electron chi connectivity index (χ2n) is 5.90. The summed E-state index contributed by atoms with van der Waals surface area (Å²) < 4.78 is 0. The number of nitrogens with zero attached hydrogens (tertiary/aromatic N) is 2. The second-order valence-corrected chi connectivity index (χ2v) is 5.90. The van der Waals surface area contributed by atoms with Crippen LogP contribution >= 0.6 is 0 Å². The molecule has 2 rings (SSSR count). The third kappa shape index (κ3) is 4.93. The molecule has 0 spiro atoms. The molecule has 0 heterocycles. The minimum atomic E-state index is -0.997. The molecule has 0 aromatic heterocycles. The first-order chi connectivity index (χ1) is 11.5. The van der Waals surface area contributed by atoms with Gasteiger partial charge in [-0.15, -0.1) is 0 Å².